The summed E-state index contributed by atoms with van der Waals surface area (Å²) in [5.74, 6) is 2.17. The predicted octanol–water partition coefficient (Wildman–Crippen LogP) is 2.32. The van der Waals surface area contributed by atoms with Gasteiger partial charge < -0.3 is 28.9 Å². The van der Waals surface area contributed by atoms with Gasteiger partial charge in [0, 0.05) is 65.8 Å². The number of aryl methyl sites for hydroxylation is 2. The lowest BCUT2D eigenvalue weighted by atomic mass is 10.3. The normalized spacial score (nSPS) is 16.0. The molecular formula is C29H38N10O3. The number of anilines is 1. The van der Waals surface area contributed by atoms with Gasteiger partial charge in [-0.1, -0.05) is 19.1 Å². The van der Waals surface area contributed by atoms with E-state index in [0.717, 1.165) is 16.9 Å². The second-order valence-electron chi connectivity index (χ2n) is 10.6. The summed E-state index contributed by atoms with van der Waals surface area (Å²) >= 11 is 0. The molecule has 0 saturated carbocycles. The van der Waals surface area contributed by atoms with Crippen molar-refractivity contribution < 1.29 is 14.3 Å². The second kappa shape index (κ2) is 11.6. The molecule has 0 unspecified atom stereocenters. The molecule has 1 aromatic carbocycles. The Bertz CT molecular complexity index is 1610. The maximum Gasteiger partial charge on any atom is 0.320 e. The molecule has 222 valence electrons. The van der Waals surface area contributed by atoms with Crippen molar-refractivity contribution >= 4 is 40.0 Å². The molecule has 2 fully saturated rings. The maximum absolute atomic E-state index is 13.8. The summed E-state index contributed by atoms with van der Waals surface area (Å²) in [6.07, 6.45) is 0.709. The quantitative estimate of drug-likeness (QED) is 0.344. The molecule has 6 rings (SSSR count). The Labute approximate surface area is 244 Å². The average molecular weight is 575 g/mol. The van der Waals surface area contributed by atoms with Crippen molar-refractivity contribution in [2.75, 3.05) is 70.5 Å². The molecule has 2 aliphatic rings. The van der Waals surface area contributed by atoms with E-state index in [1.807, 2.05) is 54.6 Å². The Hall–Kier alpha value is -4.26. The fourth-order valence-electron chi connectivity index (χ4n) is 5.79. The first-order valence-electron chi connectivity index (χ1n) is 14.8. The van der Waals surface area contributed by atoms with E-state index in [1.165, 1.54) is 0 Å². The lowest BCUT2D eigenvalue weighted by Gasteiger charge is -2.36. The number of urea groups is 1. The van der Waals surface area contributed by atoms with Crippen LogP contribution in [0.2, 0.25) is 0 Å². The zero-order chi connectivity index (χ0) is 29.4. The number of benzene rings is 1. The van der Waals surface area contributed by atoms with Crippen molar-refractivity contribution in [3.63, 3.8) is 0 Å². The molecule has 0 aliphatic carbocycles. The molecule has 0 radical (unpaired) electrons. The molecule has 5 heterocycles. The number of aromatic nitrogens is 6. The minimum atomic E-state index is -0.178. The molecule has 3 aromatic heterocycles. The van der Waals surface area contributed by atoms with Crippen molar-refractivity contribution in [3.8, 4) is 5.95 Å². The molecule has 3 amide bonds. The van der Waals surface area contributed by atoms with Gasteiger partial charge in [0.05, 0.1) is 24.2 Å². The Morgan fingerprint density at radius 2 is 1.57 bits per heavy atom. The summed E-state index contributed by atoms with van der Waals surface area (Å²) in [5.41, 5.74) is 2.98. The van der Waals surface area contributed by atoms with E-state index < -0.39 is 0 Å². The number of nitrogens with zero attached hydrogens (tertiary/aromatic N) is 10. The molecule has 0 atom stereocenters. The third-order valence-electron chi connectivity index (χ3n) is 8.21. The van der Waals surface area contributed by atoms with Crippen LogP contribution in [0.3, 0.4) is 0 Å². The van der Waals surface area contributed by atoms with E-state index in [0.29, 0.717) is 101 Å². The van der Waals surface area contributed by atoms with Crippen molar-refractivity contribution in [3.05, 3.63) is 35.9 Å². The molecule has 0 N–H and O–H groups in total. The van der Waals surface area contributed by atoms with E-state index >= 15 is 0 Å². The maximum atomic E-state index is 13.8. The highest BCUT2D eigenvalue weighted by atomic mass is 16.5. The smallest absolute Gasteiger partial charge is 0.320 e. The van der Waals surface area contributed by atoms with E-state index in [9.17, 15) is 9.59 Å². The number of ether oxygens (including phenoxy) is 1. The largest absolute Gasteiger partial charge is 0.378 e. The standard InChI is InChI=1S/C29H38N10O3/c1-5-22-30-20-10-8-9-11-21(20)39(22)28-32-24-23(25(33-28)36-16-18-42-19-17-36)31-26(34(24)4)27(40)37-12-14-38(15-13-37)29(41)35(6-2)7-3/h8-11H,5-7,12-19H2,1-4H3. The van der Waals surface area contributed by atoms with Crippen molar-refractivity contribution in [2.45, 2.75) is 27.2 Å². The van der Waals surface area contributed by atoms with E-state index in [4.69, 9.17) is 24.7 Å². The topological polar surface area (TPSA) is 118 Å². The Morgan fingerprint density at radius 3 is 2.26 bits per heavy atom. The van der Waals surface area contributed by atoms with Crippen molar-refractivity contribution in [2.24, 2.45) is 7.05 Å². The van der Waals surface area contributed by atoms with Gasteiger partial charge in [0.15, 0.2) is 17.0 Å². The number of hydrogen-bond acceptors (Lipinski definition) is 8. The number of para-hydroxylation sites is 2. The third kappa shape index (κ3) is 4.81. The lowest BCUT2D eigenvalue weighted by molar-refractivity contribution is 0.0627. The second-order valence-corrected chi connectivity index (χ2v) is 10.6. The number of carbonyl (C=O) groups is 2. The van der Waals surface area contributed by atoms with Crippen LogP contribution in [0.4, 0.5) is 10.6 Å². The number of carbonyl (C=O) groups excluding carboxylic acids is 2. The van der Waals surface area contributed by atoms with Gasteiger partial charge in [0.25, 0.3) is 5.91 Å². The van der Waals surface area contributed by atoms with Gasteiger partial charge in [-0.25, -0.2) is 14.8 Å². The molecule has 2 aliphatic heterocycles. The molecule has 13 heteroatoms. The van der Waals surface area contributed by atoms with Crippen LogP contribution in [0.1, 0.15) is 37.2 Å². The van der Waals surface area contributed by atoms with Crippen LogP contribution >= 0.6 is 0 Å². The predicted molar refractivity (Wildman–Crippen MR) is 159 cm³/mol. The van der Waals surface area contributed by atoms with Gasteiger partial charge in [-0.15, -0.1) is 0 Å². The Morgan fingerprint density at radius 1 is 0.881 bits per heavy atom. The van der Waals surface area contributed by atoms with Crippen LogP contribution in [0.15, 0.2) is 24.3 Å². The highest BCUT2D eigenvalue weighted by Crippen LogP contribution is 2.29. The molecule has 2 saturated heterocycles. The monoisotopic (exact) mass is 574 g/mol. The number of fused-ring (bicyclic) bond motifs is 2. The molecule has 0 bridgehead atoms. The summed E-state index contributed by atoms with van der Waals surface area (Å²) in [5, 5.41) is 0. The third-order valence-corrected chi connectivity index (χ3v) is 8.21. The van der Waals surface area contributed by atoms with Crippen LogP contribution < -0.4 is 4.90 Å². The molecule has 0 spiro atoms. The number of rotatable bonds is 6. The zero-order valence-electron chi connectivity index (χ0n) is 24.8. The van der Waals surface area contributed by atoms with Gasteiger partial charge in [-0.3, -0.25) is 9.36 Å². The van der Waals surface area contributed by atoms with Crippen molar-refractivity contribution in [1.82, 2.24) is 43.8 Å². The van der Waals surface area contributed by atoms with E-state index in [-0.39, 0.29) is 11.9 Å². The number of hydrogen-bond donors (Lipinski definition) is 0. The lowest BCUT2D eigenvalue weighted by Crippen LogP contribution is -2.54. The van der Waals surface area contributed by atoms with Crippen LogP contribution in [0, 0.1) is 0 Å². The first-order chi connectivity index (χ1) is 20.4. The summed E-state index contributed by atoms with van der Waals surface area (Å²) in [4.78, 5) is 53.9. The van der Waals surface area contributed by atoms with Crippen LogP contribution in [-0.4, -0.2) is 121 Å². The Balaban J connectivity index is 1.38. The van der Waals surface area contributed by atoms with Gasteiger partial charge in [0.1, 0.15) is 5.82 Å². The Kier molecular flexibility index (Phi) is 7.67. The minimum Gasteiger partial charge on any atom is -0.378 e. The summed E-state index contributed by atoms with van der Waals surface area (Å²) in [7, 11) is 1.83. The minimum absolute atomic E-state index is 0.0197. The number of amides is 3. The molecule has 4 aromatic rings. The van der Waals surface area contributed by atoms with Crippen LogP contribution in [0.5, 0.6) is 0 Å². The van der Waals surface area contributed by atoms with E-state index in [1.54, 1.807) is 14.4 Å². The highest BCUT2D eigenvalue weighted by Gasteiger charge is 2.31. The zero-order valence-corrected chi connectivity index (χ0v) is 24.8. The molecule has 42 heavy (non-hydrogen) atoms. The molecule has 13 nitrogen and oxygen atoms in total. The fourth-order valence-corrected chi connectivity index (χ4v) is 5.79. The first kappa shape index (κ1) is 27.9. The van der Waals surface area contributed by atoms with Gasteiger partial charge in [0.2, 0.25) is 11.8 Å². The number of morpholine rings is 1. The summed E-state index contributed by atoms with van der Waals surface area (Å²) in [6, 6.07) is 7.99. The van der Waals surface area contributed by atoms with Crippen LogP contribution in [-0.2, 0) is 18.2 Å². The first-order valence-corrected chi connectivity index (χ1v) is 14.8. The van der Waals surface area contributed by atoms with Crippen molar-refractivity contribution in [1.29, 1.82) is 0 Å². The van der Waals surface area contributed by atoms with E-state index in [2.05, 4.69) is 11.8 Å². The van der Waals surface area contributed by atoms with Gasteiger partial charge >= 0.3 is 6.03 Å². The highest BCUT2D eigenvalue weighted by molar-refractivity contribution is 5.97. The van der Waals surface area contributed by atoms with Gasteiger partial charge in [-0.05, 0) is 26.0 Å². The number of piperazine rings is 1. The van der Waals surface area contributed by atoms with Gasteiger partial charge in [-0.2, -0.15) is 9.97 Å². The fraction of sp³-hybridized carbons (Fsp3) is 0.517. The summed E-state index contributed by atoms with van der Waals surface area (Å²) in [6.45, 7) is 11.7. The van der Waals surface area contributed by atoms with Crippen LogP contribution in [0.25, 0.3) is 28.1 Å². The summed E-state index contributed by atoms with van der Waals surface area (Å²) < 4.78 is 9.38. The number of imidazole rings is 2. The average Bonchev–Trinajstić information content (AvgIpc) is 3.58. The molecular weight excluding hydrogens is 536 g/mol. The SMILES string of the molecule is CCc1nc2ccccc2n1-c1nc(N2CCOCC2)c2nc(C(=O)N3CCN(C(=O)N(CC)CC)CC3)n(C)c2n1.